The Morgan fingerprint density at radius 1 is 1.09 bits per heavy atom. The molecule has 4 rings (SSSR count). The fraction of sp³-hybridized carbons (Fsp3) is 0.379. The molecule has 3 aromatic carbocycles. The van der Waals surface area contributed by atoms with E-state index >= 15 is 0 Å². The molecule has 0 aromatic heterocycles. The van der Waals surface area contributed by atoms with Crippen molar-refractivity contribution in [2.45, 2.75) is 65.3 Å². The van der Waals surface area contributed by atoms with Gasteiger partial charge in [-0.2, -0.15) is 5.48 Å². The molecule has 0 fully saturated rings. The van der Waals surface area contributed by atoms with E-state index in [0.29, 0.717) is 12.6 Å². The van der Waals surface area contributed by atoms with Gasteiger partial charge in [0.05, 0.1) is 6.61 Å². The minimum atomic E-state index is -0.397. The number of nitrogens with one attached hydrogen (secondary N) is 2. The largest absolute Gasteiger partial charge is 0.310 e. The van der Waals surface area contributed by atoms with Crippen LogP contribution in [0.15, 0.2) is 54.6 Å². The molecule has 0 saturated carbocycles. The lowest BCUT2D eigenvalue weighted by Gasteiger charge is -2.18. The molecule has 2 unspecified atom stereocenters. The molecule has 0 radical (unpaired) electrons. The van der Waals surface area contributed by atoms with E-state index in [1.807, 2.05) is 19.9 Å². The summed E-state index contributed by atoms with van der Waals surface area (Å²) in [6, 6.07) is 17.9. The van der Waals surface area contributed by atoms with Gasteiger partial charge in [0.1, 0.15) is 12.0 Å². The van der Waals surface area contributed by atoms with Crippen LogP contribution in [-0.4, -0.2) is 6.54 Å². The highest BCUT2D eigenvalue weighted by atomic mass is 19.1. The van der Waals surface area contributed by atoms with Crippen LogP contribution in [-0.2, 0) is 17.9 Å². The number of nitrogens with two attached hydrogens (primary N) is 1. The number of benzene rings is 3. The first kappa shape index (κ1) is 24.6. The van der Waals surface area contributed by atoms with Crippen LogP contribution in [0.25, 0.3) is 11.1 Å². The van der Waals surface area contributed by atoms with E-state index in [9.17, 15) is 4.39 Å². The predicted octanol–water partition coefficient (Wildman–Crippen LogP) is 6.17. The van der Waals surface area contributed by atoms with Crippen LogP contribution < -0.4 is 16.5 Å². The first-order valence-electron chi connectivity index (χ1n) is 12.3. The van der Waals surface area contributed by atoms with Gasteiger partial charge in [0, 0.05) is 6.04 Å². The highest BCUT2D eigenvalue weighted by molar-refractivity contribution is 5.71. The number of unbranched alkanes of at least 4 members (excludes halogenated alkanes) is 1. The SMILES string of the molecule is CCCCNC1CCc2cc(C(N)NOCc3cc(C)c(-c4cccc(F)c4)c(C)c3)ccc21. The average molecular weight is 462 g/mol. The molecule has 2 atom stereocenters. The summed E-state index contributed by atoms with van der Waals surface area (Å²) in [7, 11) is 0. The Morgan fingerprint density at radius 2 is 1.88 bits per heavy atom. The summed E-state index contributed by atoms with van der Waals surface area (Å²) in [5, 5.41) is 3.68. The van der Waals surface area contributed by atoms with Gasteiger partial charge in [0.25, 0.3) is 0 Å². The summed E-state index contributed by atoms with van der Waals surface area (Å²) in [6.07, 6.45) is 4.25. The predicted molar refractivity (Wildman–Crippen MR) is 137 cm³/mol. The third-order valence-electron chi connectivity index (χ3n) is 6.68. The van der Waals surface area contributed by atoms with E-state index in [1.54, 1.807) is 12.1 Å². The Morgan fingerprint density at radius 3 is 2.62 bits per heavy atom. The lowest BCUT2D eigenvalue weighted by Crippen LogP contribution is -2.29. The molecule has 4 N–H and O–H groups in total. The van der Waals surface area contributed by atoms with Crippen LogP contribution in [0.1, 0.15) is 71.8 Å². The zero-order valence-corrected chi connectivity index (χ0v) is 20.5. The molecule has 0 amide bonds. The lowest BCUT2D eigenvalue weighted by atomic mass is 9.94. The normalized spacial score (nSPS) is 16.0. The van der Waals surface area contributed by atoms with Crippen molar-refractivity contribution in [1.29, 1.82) is 0 Å². The average Bonchev–Trinajstić information content (AvgIpc) is 3.21. The van der Waals surface area contributed by atoms with Crippen molar-refractivity contribution >= 4 is 0 Å². The fourth-order valence-corrected chi connectivity index (χ4v) is 5.01. The van der Waals surface area contributed by atoms with Crippen molar-refractivity contribution in [3.8, 4) is 11.1 Å². The van der Waals surface area contributed by atoms with E-state index < -0.39 is 6.17 Å². The van der Waals surface area contributed by atoms with E-state index in [-0.39, 0.29) is 5.82 Å². The number of hydrogen-bond donors (Lipinski definition) is 3. The molecule has 4 nitrogen and oxygen atoms in total. The highest BCUT2D eigenvalue weighted by Crippen LogP contribution is 2.33. The van der Waals surface area contributed by atoms with Gasteiger partial charge in [0.15, 0.2) is 0 Å². The van der Waals surface area contributed by atoms with E-state index in [2.05, 4.69) is 48.1 Å². The van der Waals surface area contributed by atoms with Crippen molar-refractivity contribution in [3.05, 3.63) is 93.8 Å². The topological polar surface area (TPSA) is 59.3 Å². The number of halogens is 1. The number of rotatable bonds is 10. The second-order valence-corrected chi connectivity index (χ2v) is 9.36. The second kappa shape index (κ2) is 11.2. The standard InChI is InChI=1S/C29H36FN3O/c1-4-5-13-32-27-12-10-22-16-24(9-11-26(22)27)29(31)33-34-18-21-14-19(2)28(20(3)15-21)23-7-6-8-25(30)17-23/h6-9,11,14-17,27,29,32-33H,4-5,10,12-13,18,31H2,1-3H3. The van der Waals surface area contributed by atoms with E-state index in [1.165, 1.54) is 30.0 Å². The summed E-state index contributed by atoms with van der Waals surface area (Å²) < 4.78 is 13.7. The minimum Gasteiger partial charge on any atom is -0.310 e. The number of aryl methyl sites for hydroxylation is 3. The molecule has 0 saturated heterocycles. The first-order valence-corrected chi connectivity index (χ1v) is 12.3. The molecule has 34 heavy (non-hydrogen) atoms. The summed E-state index contributed by atoms with van der Waals surface area (Å²) in [5.41, 5.74) is 18.4. The van der Waals surface area contributed by atoms with Crippen molar-refractivity contribution in [1.82, 2.24) is 10.8 Å². The number of hydroxylamine groups is 1. The van der Waals surface area contributed by atoms with E-state index in [0.717, 1.165) is 52.8 Å². The van der Waals surface area contributed by atoms with Gasteiger partial charge in [-0.25, -0.2) is 4.39 Å². The quantitative estimate of drug-likeness (QED) is 0.192. The second-order valence-electron chi connectivity index (χ2n) is 9.36. The minimum absolute atomic E-state index is 0.225. The van der Waals surface area contributed by atoms with Crippen molar-refractivity contribution in [2.75, 3.05) is 6.54 Å². The summed E-state index contributed by atoms with van der Waals surface area (Å²) in [5.74, 6) is -0.225. The van der Waals surface area contributed by atoms with Crippen molar-refractivity contribution in [2.24, 2.45) is 5.73 Å². The molecule has 0 spiro atoms. The maximum absolute atomic E-state index is 13.7. The maximum Gasteiger partial charge on any atom is 0.123 e. The maximum atomic E-state index is 13.7. The van der Waals surface area contributed by atoms with Gasteiger partial charge >= 0.3 is 0 Å². The van der Waals surface area contributed by atoms with Crippen molar-refractivity contribution < 1.29 is 9.23 Å². The zero-order valence-electron chi connectivity index (χ0n) is 20.5. The summed E-state index contributed by atoms with van der Waals surface area (Å²) in [4.78, 5) is 5.77. The zero-order chi connectivity index (χ0) is 24.1. The molecule has 3 aromatic rings. The Kier molecular flexibility index (Phi) is 8.11. The van der Waals surface area contributed by atoms with Crippen molar-refractivity contribution in [3.63, 3.8) is 0 Å². The smallest absolute Gasteiger partial charge is 0.123 e. The van der Waals surface area contributed by atoms with Gasteiger partial charge in [-0.3, -0.25) is 4.84 Å². The molecule has 0 bridgehead atoms. The molecule has 0 heterocycles. The van der Waals surface area contributed by atoms with Crippen LogP contribution in [0.5, 0.6) is 0 Å². The van der Waals surface area contributed by atoms with Crippen LogP contribution in [0.3, 0.4) is 0 Å². The molecule has 0 aliphatic heterocycles. The van der Waals surface area contributed by atoms with Gasteiger partial charge < -0.3 is 11.1 Å². The lowest BCUT2D eigenvalue weighted by molar-refractivity contribution is 0.00420. The fourth-order valence-electron chi connectivity index (χ4n) is 5.01. The molecular formula is C29H36FN3O. The monoisotopic (exact) mass is 461 g/mol. The van der Waals surface area contributed by atoms with Crippen LogP contribution in [0.4, 0.5) is 4.39 Å². The Hall–Kier alpha value is -2.57. The van der Waals surface area contributed by atoms with Crippen LogP contribution in [0.2, 0.25) is 0 Å². The molecule has 5 heteroatoms. The van der Waals surface area contributed by atoms with Gasteiger partial charge in [-0.1, -0.05) is 55.8 Å². The number of fused-ring (bicyclic) bond motifs is 1. The van der Waals surface area contributed by atoms with Gasteiger partial charge in [-0.15, -0.1) is 0 Å². The molecule has 180 valence electrons. The third-order valence-corrected chi connectivity index (χ3v) is 6.68. The number of hydrogen-bond acceptors (Lipinski definition) is 4. The molecule has 1 aliphatic carbocycles. The van der Waals surface area contributed by atoms with Crippen LogP contribution in [0, 0.1) is 19.7 Å². The summed E-state index contributed by atoms with van der Waals surface area (Å²) in [6.45, 7) is 7.78. The van der Waals surface area contributed by atoms with Gasteiger partial charge in [0.2, 0.25) is 0 Å². The Labute approximate surface area is 202 Å². The summed E-state index contributed by atoms with van der Waals surface area (Å²) >= 11 is 0. The first-order chi connectivity index (χ1) is 16.5. The van der Waals surface area contributed by atoms with E-state index in [4.69, 9.17) is 10.6 Å². The highest BCUT2D eigenvalue weighted by Gasteiger charge is 2.22. The Balaban J connectivity index is 1.35. The Bertz CT molecular complexity index is 1110. The third kappa shape index (κ3) is 5.73. The molecular weight excluding hydrogens is 425 g/mol. The van der Waals surface area contributed by atoms with Crippen LogP contribution >= 0.6 is 0 Å². The molecule has 1 aliphatic rings. The van der Waals surface area contributed by atoms with Gasteiger partial charge in [-0.05, 0) is 96.3 Å².